The highest BCUT2D eigenvalue weighted by Gasteiger charge is 2.29. The molecule has 2 N–H and O–H groups in total. The number of halogens is 3. The van der Waals surface area contributed by atoms with Crippen molar-refractivity contribution in [2.24, 2.45) is 0 Å². The van der Waals surface area contributed by atoms with Crippen molar-refractivity contribution >= 4 is 9.92 Å². The van der Waals surface area contributed by atoms with Crippen LogP contribution in [0.5, 0.6) is 0 Å². The second-order valence-electron chi connectivity index (χ2n) is 3.91. The molecular formula is C9H19F3N2OS. The topological polar surface area (TPSA) is 53.0 Å². The molecule has 0 aromatic rings. The molecule has 0 aromatic carbocycles. The molecule has 0 amide bonds. The molecule has 0 aromatic heterocycles. The van der Waals surface area contributed by atoms with Crippen molar-refractivity contribution in [1.82, 2.24) is 4.72 Å². The number of hydrogen-bond donors (Lipinski definition) is 2. The molecule has 0 aliphatic heterocycles. The third-order valence-electron chi connectivity index (χ3n) is 2.06. The minimum atomic E-state index is -4.35. The quantitative estimate of drug-likeness (QED) is 0.726. The van der Waals surface area contributed by atoms with E-state index < -0.39 is 28.3 Å². The number of unbranched alkanes of at least 4 members (excludes halogenated alkanes) is 1. The van der Waals surface area contributed by atoms with E-state index in [2.05, 4.69) is 4.72 Å². The van der Waals surface area contributed by atoms with Crippen molar-refractivity contribution in [3.8, 4) is 0 Å². The van der Waals surface area contributed by atoms with Gasteiger partial charge in [0, 0.05) is 6.04 Å². The molecule has 0 saturated heterocycles. The van der Waals surface area contributed by atoms with Gasteiger partial charge >= 0.3 is 6.18 Å². The van der Waals surface area contributed by atoms with E-state index in [1.807, 2.05) is 6.92 Å². The molecule has 0 aliphatic rings. The number of rotatable bonds is 7. The molecule has 7 heteroatoms. The van der Waals surface area contributed by atoms with Crippen LogP contribution in [-0.2, 0) is 9.92 Å². The zero-order valence-corrected chi connectivity index (χ0v) is 10.4. The van der Waals surface area contributed by atoms with Gasteiger partial charge in [0.15, 0.2) is 0 Å². The second-order valence-corrected chi connectivity index (χ2v) is 5.90. The average Bonchev–Trinajstić information content (AvgIpc) is 2.10. The summed E-state index contributed by atoms with van der Waals surface area (Å²) in [4.78, 5) is 0. The molecule has 16 heavy (non-hydrogen) atoms. The molecule has 98 valence electrons. The van der Waals surface area contributed by atoms with Crippen LogP contribution >= 0.6 is 0 Å². The normalized spacial score (nSPS) is 18.1. The minimum Gasteiger partial charge on any atom is -0.240 e. The summed E-state index contributed by atoms with van der Waals surface area (Å²) in [6.07, 6.45) is -2.93. The fraction of sp³-hybridized carbons (Fsp3) is 1.00. The van der Waals surface area contributed by atoms with Gasteiger partial charge in [-0.3, -0.25) is 0 Å². The highest BCUT2D eigenvalue weighted by Crippen LogP contribution is 2.20. The van der Waals surface area contributed by atoms with Crippen LogP contribution < -0.4 is 4.72 Å². The van der Waals surface area contributed by atoms with Gasteiger partial charge in [0.2, 0.25) is 0 Å². The van der Waals surface area contributed by atoms with E-state index in [-0.39, 0.29) is 6.04 Å². The van der Waals surface area contributed by atoms with Gasteiger partial charge < -0.3 is 0 Å². The fourth-order valence-corrected chi connectivity index (χ4v) is 2.62. The fourth-order valence-electron chi connectivity index (χ4n) is 1.21. The molecular weight excluding hydrogens is 241 g/mol. The Balaban J connectivity index is 4.05. The minimum absolute atomic E-state index is 0.182. The zero-order chi connectivity index (χ0) is 12.8. The highest BCUT2D eigenvalue weighted by molar-refractivity contribution is 7.90. The third-order valence-corrected chi connectivity index (χ3v) is 3.62. The molecule has 0 aliphatic carbocycles. The van der Waals surface area contributed by atoms with Gasteiger partial charge in [0.05, 0.1) is 12.2 Å². The molecule has 2 unspecified atom stereocenters. The lowest BCUT2D eigenvalue weighted by molar-refractivity contribution is -0.129. The van der Waals surface area contributed by atoms with E-state index in [0.717, 1.165) is 19.3 Å². The van der Waals surface area contributed by atoms with Gasteiger partial charge in [-0.2, -0.15) is 13.2 Å². The lowest BCUT2D eigenvalue weighted by Gasteiger charge is -2.16. The predicted octanol–water partition coefficient (Wildman–Crippen LogP) is 3.07. The molecule has 0 radical (unpaired) electrons. The van der Waals surface area contributed by atoms with Crippen LogP contribution in [0.25, 0.3) is 0 Å². The summed E-state index contributed by atoms with van der Waals surface area (Å²) in [6.45, 7) is 3.73. The molecule has 0 bridgehead atoms. The van der Waals surface area contributed by atoms with Crippen LogP contribution in [0.15, 0.2) is 0 Å². The highest BCUT2D eigenvalue weighted by atomic mass is 32.2. The molecule has 0 rings (SSSR count). The summed E-state index contributed by atoms with van der Waals surface area (Å²) in [5.74, 6) is -0.674. The van der Waals surface area contributed by atoms with Crippen molar-refractivity contribution < 1.29 is 17.4 Å². The molecule has 3 nitrogen and oxygen atoms in total. The summed E-state index contributed by atoms with van der Waals surface area (Å²) in [7, 11) is -3.31. The predicted molar refractivity (Wildman–Crippen MR) is 58.5 cm³/mol. The maximum absolute atomic E-state index is 11.9. The van der Waals surface area contributed by atoms with Gasteiger partial charge in [-0.15, -0.1) is 0 Å². The van der Waals surface area contributed by atoms with E-state index >= 15 is 0 Å². The first-order chi connectivity index (χ1) is 7.16. The Morgan fingerprint density at radius 3 is 2.44 bits per heavy atom. The Morgan fingerprint density at radius 2 is 2.00 bits per heavy atom. The van der Waals surface area contributed by atoms with Gasteiger partial charge in [-0.25, -0.2) is 13.7 Å². The Bertz CT molecular complexity index is 288. The summed E-state index contributed by atoms with van der Waals surface area (Å²) >= 11 is 0. The Labute approximate surface area is 94.9 Å². The van der Waals surface area contributed by atoms with Crippen LogP contribution in [-0.4, -0.2) is 22.2 Å². The van der Waals surface area contributed by atoms with Crippen molar-refractivity contribution in [2.75, 3.05) is 5.75 Å². The average molecular weight is 260 g/mol. The Kier molecular flexibility index (Phi) is 6.32. The molecule has 0 spiro atoms. The summed E-state index contributed by atoms with van der Waals surface area (Å²) < 4.78 is 56.9. The Hall–Kier alpha value is -0.300. The monoisotopic (exact) mass is 260 g/mol. The smallest absolute Gasteiger partial charge is 0.240 e. The standard InChI is InChI=1S/C9H19F3N2OS/c1-3-4-5-8(2)14-16(13,15)7-6-9(10,11)12/h8H,3-7H2,1-2H3,(H2,13,14,15). The van der Waals surface area contributed by atoms with Gasteiger partial charge in [-0.1, -0.05) is 19.8 Å². The molecule has 0 heterocycles. The van der Waals surface area contributed by atoms with Gasteiger partial charge in [0.1, 0.15) is 9.92 Å². The maximum Gasteiger partial charge on any atom is 0.390 e. The van der Waals surface area contributed by atoms with Crippen molar-refractivity contribution in [3.05, 3.63) is 0 Å². The number of hydrogen-bond acceptors (Lipinski definition) is 2. The van der Waals surface area contributed by atoms with E-state index in [9.17, 15) is 17.4 Å². The van der Waals surface area contributed by atoms with E-state index in [0.29, 0.717) is 0 Å². The van der Waals surface area contributed by atoms with Crippen LogP contribution in [0, 0.1) is 4.78 Å². The number of nitrogens with one attached hydrogen (secondary N) is 2. The van der Waals surface area contributed by atoms with Crippen LogP contribution in [0.2, 0.25) is 0 Å². The molecule has 0 saturated carbocycles. The SMILES string of the molecule is CCCCC(C)NS(=N)(=O)CCC(F)(F)F. The van der Waals surface area contributed by atoms with Gasteiger partial charge in [-0.05, 0) is 13.3 Å². The molecule has 2 atom stereocenters. The third kappa shape index (κ3) is 8.96. The first kappa shape index (κ1) is 15.7. The van der Waals surface area contributed by atoms with Crippen molar-refractivity contribution in [2.45, 2.75) is 51.7 Å². The maximum atomic E-state index is 11.9. The first-order valence-electron chi connectivity index (χ1n) is 5.27. The lowest BCUT2D eigenvalue weighted by atomic mass is 10.2. The summed E-state index contributed by atoms with van der Waals surface area (Å²) in [5.41, 5.74) is 0. The van der Waals surface area contributed by atoms with E-state index in [1.165, 1.54) is 0 Å². The van der Waals surface area contributed by atoms with Crippen LogP contribution in [0.4, 0.5) is 13.2 Å². The largest absolute Gasteiger partial charge is 0.390 e. The van der Waals surface area contributed by atoms with Crippen LogP contribution in [0.3, 0.4) is 0 Å². The van der Waals surface area contributed by atoms with Gasteiger partial charge in [0.25, 0.3) is 0 Å². The second kappa shape index (κ2) is 6.44. The zero-order valence-electron chi connectivity index (χ0n) is 9.56. The summed E-state index contributed by atoms with van der Waals surface area (Å²) in [6, 6.07) is -0.182. The van der Waals surface area contributed by atoms with Crippen molar-refractivity contribution in [3.63, 3.8) is 0 Å². The van der Waals surface area contributed by atoms with Crippen LogP contribution in [0.1, 0.15) is 39.5 Å². The molecule has 0 fully saturated rings. The first-order valence-corrected chi connectivity index (χ1v) is 6.99. The van der Waals surface area contributed by atoms with Crippen molar-refractivity contribution in [1.29, 1.82) is 4.78 Å². The van der Waals surface area contributed by atoms with E-state index in [4.69, 9.17) is 4.78 Å². The van der Waals surface area contributed by atoms with E-state index in [1.54, 1.807) is 6.92 Å². The summed E-state index contributed by atoms with van der Waals surface area (Å²) in [5, 5.41) is 0. The number of alkyl halides is 3. The Morgan fingerprint density at radius 1 is 1.44 bits per heavy atom. The lowest BCUT2D eigenvalue weighted by Crippen LogP contribution is -2.34.